The second kappa shape index (κ2) is 5.58. The number of hydrogen-bond acceptors (Lipinski definition) is 3. The van der Waals surface area contributed by atoms with Gasteiger partial charge in [-0.25, -0.2) is 4.79 Å². The molecule has 14 heavy (non-hydrogen) atoms. The van der Waals surface area contributed by atoms with E-state index >= 15 is 0 Å². The van der Waals surface area contributed by atoms with Crippen LogP contribution in [0.15, 0.2) is 12.7 Å². The van der Waals surface area contributed by atoms with Crippen LogP contribution < -0.4 is 0 Å². The van der Waals surface area contributed by atoms with Crippen molar-refractivity contribution in [3.63, 3.8) is 0 Å². The Morgan fingerprint density at radius 3 is 2.36 bits per heavy atom. The standard InChI is InChI=1S/C11H18O3/c1-5-6-7-8-9(12)10(13)14-11(2,3)4/h5H,1,6-8H2,2-4H3. The lowest BCUT2D eigenvalue weighted by Gasteiger charge is -2.18. The average molecular weight is 198 g/mol. The highest BCUT2D eigenvalue weighted by atomic mass is 16.6. The summed E-state index contributed by atoms with van der Waals surface area (Å²) in [5.41, 5.74) is -0.592. The van der Waals surface area contributed by atoms with Gasteiger partial charge in [-0.3, -0.25) is 4.79 Å². The van der Waals surface area contributed by atoms with Gasteiger partial charge in [-0.05, 0) is 33.6 Å². The fourth-order valence-electron chi connectivity index (χ4n) is 0.844. The maximum Gasteiger partial charge on any atom is 0.375 e. The molecule has 0 aromatic rings. The first kappa shape index (κ1) is 12.9. The summed E-state index contributed by atoms with van der Waals surface area (Å²) in [5, 5.41) is 0. The molecule has 0 heterocycles. The van der Waals surface area contributed by atoms with E-state index in [1.54, 1.807) is 26.8 Å². The van der Waals surface area contributed by atoms with Gasteiger partial charge in [0.1, 0.15) is 5.60 Å². The molecule has 0 saturated heterocycles. The number of carbonyl (C=O) groups is 2. The van der Waals surface area contributed by atoms with Gasteiger partial charge in [0.15, 0.2) is 0 Å². The molecule has 0 unspecified atom stereocenters. The summed E-state index contributed by atoms with van der Waals surface area (Å²) in [6.45, 7) is 8.75. The Morgan fingerprint density at radius 1 is 1.36 bits per heavy atom. The van der Waals surface area contributed by atoms with Crippen LogP contribution >= 0.6 is 0 Å². The molecule has 0 rings (SSSR count). The van der Waals surface area contributed by atoms with Crippen molar-refractivity contribution in [1.29, 1.82) is 0 Å². The van der Waals surface area contributed by atoms with Crippen LogP contribution in [0.4, 0.5) is 0 Å². The molecule has 0 radical (unpaired) electrons. The second-order valence-electron chi connectivity index (χ2n) is 4.11. The lowest BCUT2D eigenvalue weighted by atomic mass is 10.1. The number of carbonyl (C=O) groups excluding carboxylic acids is 2. The zero-order chi connectivity index (χ0) is 11.2. The minimum Gasteiger partial charge on any atom is -0.454 e. The van der Waals surface area contributed by atoms with Gasteiger partial charge in [0.25, 0.3) is 0 Å². The Labute approximate surface area is 85.1 Å². The number of Topliss-reactive ketones (excluding diaryl/α,β-unsaturated/α-hetero) is 1. The minimum absolute atomic E-state index is 0.237. The highest BCUT2D eigenvalue weighted by Crippen LogP contribution is 2.08. The molecule has 3 heteroatoms. The monoisotopic (exact) mass is 198 g/mol. The Bertz CT molecular complexity index is 223. The number of allylic oxidation sites excluding steroid dienone is 1. The van der Waals surface area contributed by atoms with Crippen LogP contribution in [0.25, 0.3) is 0 Å². The summed E-state index contributed by atoms with van der Waals surface area (Å²) in [6, 6.07) is 0. The summed E-state index contributed by atoms with van der Waals surface area (Å²) < 4.78 is 4.92. The van der Waals surface area contributed by atoms with E-state index in [0.717, 1.165) is 6.42 Å². The molecule has 0 saturated carbocycles. The van der Waals surface area contributed by atoms with Crippen molar-refractivity contribution in [2.24, 2.45) is 0 Å². The smallest absolute Gasteiger partial charge is 0.375 e. The molecule has 0 aromatic carbocycles. The van der Waals surface area contributed by atoms with Crippen molar-refractivity contribution < 1.29 is 14.3 Å². The number of hydrogen-bond donors (Lipinski definition) is 0. The number of unbranched alkanes of at least 4 members (excludes halogenated alkanes) is 1. The predicted molar refractivity (Wildman–Crippen MR) is 54.9 cm³/mol. The van der Waals surface area contributed by atoms with Gasteiger partial charge >= 0.3 is 5.97 Å². The zero-order valence-corrected chi connectivity index (χ0v) is 9.13. The van der Waals surface area contributed by atoms with Gasteiger partial charge in [0, 0.05) is 6.42 Å². The quantitative estimate of drug-likeness (QED) is 0.294. The fourth-order valence-corrected chi connectivity index (χ4v) is 0.844. The Kier molecular flexibility index (Phi) is 5.13. The summed E-state index contributed by atoms with van der Waals surface area (Å²) >= 11 is 0. The molecule has 0 spiro atoms. The normalized spacial score (nSPS) is 10.8. The summed E-state index contributed by atoms with van der Waals surface area (Å²) in [5.74, 6) is -1.19. The third-order valence-corrected chi connectivity index (χ3v) is 1.44. The van der Waals surface area contributed by atoms with Crippen LogP contribution in [0.1, 0.15) is 40.0 Å². The number of ketones is 1. The molecule has 3 nitrogen and oxygen atoms in total. The van der Waals surface area contributed by atoms with Gasteiger partial charge < -0.3 is 4.74 Å². The van der Waals surface area contributed by atoms with Crippen molar-refractivity contribution >= 4 is 11.8 Å². The molecule has 0 bridgehead atoms. The first-order chi connectivity index (χ1) is 6.37. The van der Waals surface area contributed by atoms with Crippen LogP contribution in [0.2, 0.25) is 0 Å². The number of esters is 1. The van der Waals surface area contributed by atoms with Gasteiger partial charge in [-0.15, -0.1) is 6.58 Å². The van der Waals surface area contributed by atoms with E-state index in [1.165, 1.54) is 0 Å². The van der Waals surface area contributed by atoms with E-state index in [9.17, 15) is 9.59 Å². The fraction of sp³-hybridized carbons (Fsp3) is 0.636. The van der Waals surface area contributed by atoms with Crippen LogP contribution in [0, 0.1) is 0 Å². The average Bonchev–Trinajstić information content (AvgIpc) is 2.01. The van der Waals surface area contributed by atoms with Crippen molar-refractivity contribution in [2.45, 2.75) is 45.6 Å². The summed E-state index contributed by atoms with van der Waals surface area (Å²) in [7, 11) is 0. The lowest BCUT2D eigenvalue weighted by Crippen LogP contribution is -2.28. The van der Waals surface area contributed by atoms with E-state index in [-0.39, 0.29) is 6.42 Å². The van der Waals surface area contributed by atoms with E-state index in [1.807, 2.05) is 0 Å². The zero-order valence-electron chi connectivity index (χ0n) is 9.13. The summed E-state index contributed by atoms with van der Waals surface area (Å²) in [4.78, 5) is 22.3. The Morgan fingerprint density at radius 2 is 1.93 bits per heavy atom. The maximum absolute atomic E-state index is 11.2. The van der Waals surface area contributed by atoms with Crippen LogP contribution in [-0.2, 0) is 14.3 Å². The molecule has 0 aliphatic heterocycles. The molecule has 0 aliphatic rings. The largest absolute Gasteiger partial charge is 0.454 e. The predicted octanol–water partition coefficient (Wildman–Crippen LogP) is 2.25. The highest BCUT2D eigenvalue weighted by molar-refractivity contribution is 6.33. The van der Waals surface area contributed by atoms with Gasteiger partial charge in [0.05, 0.1) is 0 Å². The SMILES string of the molecule is C=CCCCC(=O)C(=O)OC(C)(C)C. The molecule has 0 aliphatic carbocycles. The molecule has 0 N–H and O–H groups in total. The molecular formula is C11H18O3. The van der Waals surface area contributed by atoms with E-state index in [4.69, 9.17) is 4.74 Å². The maximum atomic E-state index is 11.2. The molecule has 80 valence electrons. The van der Waals surface area contributed by atoms with Gasteiger partial charge in [-0.2, -0.15) is 0 Å². The van der Waals surface area contributed by atoms with Gasteiger partial charge in [-0.1, -0.05) is 6.08 Å². The molecule has 0 fully saturated rings. The van der Waals surface area contributed by atoms with E-state index in [0.29, 0.717) is 6.42 Å². The number of ether oxygens (including phenoxy) is 1. The van der Waals surface area contributed by atoms with Crippen LogP contribution in [-0.4, -0.2) is 17.4 Å². The third kappa shape index (κ3) is 6.40. The topological polar surface area (TPSA) is 43.4 Å². The molecular weight excluding hydrogens is 180 g/mol. The van der Waals surface area contributed by atoms with Crippen molar-refractivity contribution in [2.75, 3.05) is 0 Å². The van der Waals surface area contributed by atoms with Crippen molar-refractivity contribution in [3.05, 3.63) is 12.7 Å². The third-order valence-electron chi connectivity index (χ3n) is 1.44. The highest BCUT2D eigenvalue weighted by Gasteiger charge is 2.21. The first-order valence-electron chi connectivity index (χ1n) is 4.74. The summed E-state index contributed by atoms with van der Waals surface area (Å²) in [6.07, 6.45) is 3.36. The van der Waals surface area contributed by atoms with Crippen LogP contribution in [0.5, 0.6) is 0 Å². The van der Waals surface area contributed by atoms with Crippen molar-refractivity contribution in [1.82, 2.24) is 0 Å². The molecule has 0 aromatic heterocycles. The van der Waals surface area contributed by atoms with Gasteiger partial charge in [0.2, 0.25) is 5.78 Å². The lowest BCUT2D eigenvalue weighted by molar-refractivity contribution is -0.162. The minimum atomic E-state index is -0.735. The number of rotatable bonds is 5. The Balaban J connectivity index is 3.89. The molecule has 0 amide bonds. The van der Waals surface area contributed by atoms with E-state index in [2.05, 4.69) is 6.58 Å². The first-order valence-corrected chi connectivity index (χ1v) is 4.74. The van der Waals surface area contributed by atoms with Crippen LogP contribution in [0.3, 0.4) is 0 Å². The van der Waals surface area contributed by atoms with Crippen molar-refractivity contribution in [3.8, 4) is 0 Å². The van der Waals surface area contributed by atoms with E-state index < -0.39 is 17.4 Å². The second-order valence-corrected chi connectivity index (χ2v) is 4.11. The molecule has 0 atom stereocenters. The Hall–Kier alpha value is -1.12.